The molecule has 0 aliphatic heterocycles. The smallest absolute Gasteiger partial charge is 0.258 e. The van der Waals surface area contributed by atoms with Crippen LogP contribution in [0.1, 0.15) is 38.3 Å². The molecule has 6 heteroatoms. The molecule has 2 rings (SSSR count). The Kier molecular flexibility index (Phi) is 3.54. The van der Waals surface area contributed by atoms with Crippen molar-refractivity contribution >= 4 is 22.4 Å². The van der Waals surface area contributed by atoms with Gasteiger partial charge in [0.2, 0.25) is 0 Å². The van der Waals surface area contributed by atoms with Crippen LogP contribution in [-0.2, 0) is 17.4 Å². The monoisotopic (exact) mass is 280 g/mol. The van der Waals surface area contributed by atoms with E-state index in [0.29, 0.717) is 12.1 Å². The Morgan fingerprint density at radius 3 is 2.58 bits per heavy atom. The summed E-state index contributed by atoms with van der Waals surface area (Å²) >= 11 is 0. The minimum absolute atomic E-state index is 0.0508. The number of hydrogen-bond acceptors (Lipinski definition) is 3. The topological polar surface area (TPSA) is 72.6 Å². The van der Waals surface area contributed by atoms with Gasteiger partial charge in [-0.2, -0.15) is 4.40 Å². The molecule has 0 spiro atoms. The zero-order valence-electron chi connectivity index (χ0n) is 11.2. The Balaban J connectivity index is 2.41. The van der Waals surface area contributed by atoms with Crippen molar-refractivity contribution in [2.24, 2.45) is 4.40 Å². The largest absolute Gasteiger partial charge is 0.270 e. The zero-order valence-corrected chi connectivity index (χ0v) is 12.0. The maximum absolute atomic E-state index is 12.0. The van der Waals surface area contributed by atoms with Gasteiger partial charge in [0.1, 0.15) is 11.0 Å². The van der Waals surface area contributed by atoms with Gasteiger partial charge in [0.05, 0.1) is 15.4 Å². The average molecular weight is 280 g/mol. The zero-order chi connectivity index (χ0) is 14.2. The number of rotatable bonds is 2. The number of nitro groups is 1. The Labute approximate surface area is 114 Å². The summed E-state index contributed by atoms with van der Waals surface area (Å²) in [6.45, 7) is 5.57. The molecule has 0 N–H and O–H groups in total. The van der Waals surface area contributed by atoms with Gasteiger partial charge in [-0.05, 0) is 39.2 Å². The van der Waals surface area contributed by atoms with Crippen molar-refractivity contribution in [1.82, 2.24) is 0 Å². The van der Waals surface area contributed by atoms with Crippen molar-refractivity contribution in [1.29, 1.82) is 0 Å². The third-order valence-electron chi connectivity index (χ3n) is 2.96. The van der Waals surface area contributed by atoms with E-state index in [0.717, 1.165) is 17.5 Å². The fraction of sp³-hybridized carbons (Fsp3) is 0.462. The molecule has 0 saturated heterocycles. The number of nitrogens with zero attached hydrogens (tertiary/aromatic N) is 2. The number of nitro benzene ring substituents is 1. The van der Waals surface area contributed by atoms with E-state index in [-0.39, 0.29) is 5.69 Å². The van der Waals surface area contributed by atoms with Gasteiger partial charge in [0, 0.05) is 17.7 Å². The average Bonchev–Trinajstić information content (AvgIpc) is 2.70. The van der Waals surface area contributed by atoms with E-state index in [4.69, 9.17) is 0 Å². The molecule has 1 atom stereocenters. The van der Waals surface area contributed by atoms with Crippen LogP contribution in [0.25, 0.3) is 0 Å². The van der Waals surface area contributed by atoms with Crippen molar-refractivity contribution in [3.63, 3.8) is 0 Å². The van der Waals surface area contributed by atoms with E-state index in [9.17, 15) is 14.3 Å². The van der Waals surface area contributed by atoms with E-state index in [1.807, 2.05) is 20.8 Å². The standard InChI is InChI=1S/C13H16N2O3S/c1-13(2,3)19(18)14-12-7-5-9-4-6-10(15(16)17)8-11(9)12/h4,6,8H,5,7H2,1-3H3. The van der Waals surface area contributed by atoms with Crippen LogP contribution in [-0.4, -0.2) is 19.6 Å². The quantitative estimate of drug-likeness (QED) is 0.617. The Morgan fingerprint density at radius 2 is 2.00 bits per heavy atom. The van der Waals surface area contributed by atoms with Crippen LogP contribution < -0.4 is 0 Å². The molecule has 19 heavy (non-hydrogen) atoms. The molecule has 0 heterocycles. The maximum Gasteiger partial charge on any atom is 0.270 e. The Morgan fingerprint density at radius 1 is 1.32 bits per heavy atom. The van der Waals surface area contributed by atoms with Crippen LogP contribution in [0.2, 0.25) is 0 Å². The van der Waals surface area contributed by atoms with Gasteiger partial charge >= 0.3 is 0 Å². The summed E-state index contributed by atoms with van der Waals surface area (Å²) < 4.78 is 15.9. The molecule has 0 radical (unpaired) electrons. The summed E-state index contributed by atoms with van der Waals surface area (Å²) in [5.74, 6) is 0. The van der Waals surface area contributed by atoms with Crippen LogP contribution in [0.15, 0.2) is 22.6 Å². The molecule has 1 aliphatic carbocycles. The molecule has 0 fully saturated rings. The lowest BCUT2D eigenvalue weighted by Gasteiger charge is -2.14. The fourth-order valence-electron chi connectivity index (χ4n) is 1.88. The summed E-state index contributed by atoms with van der Waals surface area (Å²) in [6.07, 6.45) is 1.49. The van der Waals surface area contributed by atoms with Gasteiger partial charge in [-0.25, -0.2) is 4.21 Å². The van der Waals surface area contributed by atoms with E-state index < -0.39 is 20.7 Å². The predicted octanol–water partition coefficient (Wildman–Crippen LogP) is 2.79. The number of hydrogen-bond donors (Lipinski definition) is 0. The lowest BCUT2D eigenvalue weighted by Crippen LogP contribution is -2.20. The molecule has 1 aromatic rings. The molecule has 1 aromatic carbocycles. The first-order chi connectivity index (χ1) is 8.79. The van der Waals surface area contributed by atoms with Crippen LogP contribution >= 0.6 is 0 Å². The highest BCUT2D eigenvalue weighted by Crippen LogP contribution is 2.28. The normalized spacial score (nSPS) is 18.4. The van der Waals surface area contributed by atoms with Crippen molar-refractivity contribution in [2.45, 2.75) is 38.4 Å². The van der Waals surface area contributed by atoms with E-state index in [1.54, 1.807) is 6.07 Å². The highest BCUT2D eigenvalue weighted by atomic mass is 32.2. The molecule has 0 aromatic heterocycles. The summed E-state index contributed by atoms with van der Waals surface area (Å²) in [7, 11) is -1.33. The Hall–Kier alpha value is -1.56. The van der Waals surface area contributed by atoms with Crippen molar-refractivity contribution in [3.8, 4) is 0 Å². The highest BCUT2D eigenvalue weighted by Gasteiger charge is 2.25. The fourth-order valence-corrected chi connectivity index (χ4v) is 2.55. The second-order valence-corrected chi connectivity index (χ2v) is 7.40. The Bertz CT molecular complexity index is 588. The van der Waals surface area contributed by atoms with E-state index in [1.165, 1.54) is 12.1 Å². The van der Waals surface area contributed by atoms with Crippen LogP contribution in [0, 0.1) is 10.1 Å². The van der Waals surface area contributed by atoms with E-state index >= 15 is 0 Å². The molecule has 1 aliphatic rings. The first-order valence-corrected chi connectivity index (χ1v) is 7.17. The minimum Gasteiger partial charge on any atom is -0.258 e. The third kappa shape index (κ3) is 2.89. The van der Waals surface area contributed by atoms with Crippen molar-refractivity contribution < 1.29 is 9.13 Å². The number of benzene rings is 1. The van der Waals surface area contributed by atoms with Crippen molar-refractivity contribution in [2.75, 3.05) is 0 Å². The molecule has 0 saturated carbocycles. The molecule has 102 valence electrons. The summed E-state index contributed by atoms with van der Waals surface area (Å²) in [5, 5.41) is 10.8. The summed E-state index contributed by atoms with van der Waals surface area (Å²) in [6, 6.07) is 4.79. The molecule has 0 amide bonds. The predicted molar refractivity (Wildman–Crippen MR) is 75.8 cm³/mol. The second-order valence-electron chi connectivity index (χ2n) is 5.50. The highest BCUT2D eigenvalue weighted by molar-refractivity contribution is 7.85. The lowest BCUT2D eigenvalue weighted by atomic mass is 10.1. The number of non-ortho nitro benzene ring substituents is 1. The van der Waals surface area contributed by atoms with Gasteiger partial charge in [-0.3, -0.25) is 10.1 Å². The van der Waals surface area contributed by atoms with E-state index in [2.05, 4.69) is 4.40 Å². The minimum atomic E-state index is -1.33. The van der Waals surface area contributed by atoms with Gasteiger partial charge in [0.25, 0.3) is 5.69 Å². The van der Waals surface area contributed by atoms with Crippen LogP contribution in [0.4, 0.5) is 5.69 Å². The first kappa shape index (κ1) is 13.9. The van der Waals surface area contributed by atoms with Gasteiger partial charge < -0.3 is 0 Å². The van der Waals surface area contributed by atoms with Crippen molar-refractivity contribution in [3.05, 3.63) is 39.4 Å². The maximum atomic E-state index is 12.0. The molecular weight excluding hydrogens is 264 g/mol. The second kappa shape index (κ2) is 4.85. The summed E-state index contributed by atoms with van der Waals surface area (Å²) in [5.41, 5.74) is 2.57. The first-order valence-electron chi connectivity index (χ1n) is 6.06. The number of aryl methyl sites for hydroxylation is 1. The van der Waals surface area contributed by atoms with Crippen LogP contribution in [0.3, 0.4) is 0 Å². The van der Waals surface area contributed by atoms with Crippen LogP contribution in [0.5, 0.6) is 0 Å². The molecular formula is C13H16N2O3S. The van der Waals surface area contributed by atoms with Gasteiger partial charge in [0.15, 0.2) is 0 Å². The van der Waals surface area contributed by atoms with Gasteiger partial charge in [-0.1, -0.05) is 6.07 Å². The molecule has 1 unspecified atom stereocenters. The SMILES string of the molecule is CC(C)(C)S(=O)N=C1CCc2ccc([N+](=O)[O-])cc21. The molecule has 0 bridgehead atoms. The lowest BCUT2D eigenvalue weighted by molar-refractivity contribution is -0.384. The molecule has 5 nitrogen and oxygen atoms in total. The van der Waals surface area contributed by atoms with Gasteiger partial charge in [-0.15, -0.1) is 0 Å². The number of fused-ring (bicyclic) bond motifs is 1. The summed E-state index contributed by atoms with van der Waals surface area (Å²) in [4.78, 5) is 10.4. The third-order valence-corrected chi connectivity index (χ3v) is 4.40.